The third-order valence-corrected chi connectivity index (χ3v) is 6.53. The number of aromatic nitrogens is 1. The zero-order chi connectivity index (χ0) is 22.3. The molecule has 0 unspecified atom stereocenters. The van der Waals surface area contributed by atoms with E-state index in [9.17, 15) is 5.26 Å². The van der Waals surface area contributed by atoms with Gasteiger partial charge in [0.05, 0.1) is 29.3 Å². The number of ether oxygens (including phenoxy) is 1. The fourth-order valence-corrected chi connectivity index (χ4v) is 4.74. The fraction of sp³-hybridized carbons (Fsp3) is 0.385. The first-order valence-corrected chi connectivity index (χ1v) is 11.6. The van der Waals surface area contributed by atoms with Crippen molar-refractivity contribution in [3.8, 4) is 11.8 Å². The molecule has 1 saturated carbocycles. The number of nitrogens with zero attached hydrogens (tertiary/aromatic N) is 2. The molecular weight excluding hydrogens is 420 g/mol. The van der Waals surface area contributed by atoms with E-state index in [4.69, 9.17) is 16.3 Å². The molecule has 1 fully saturated rings. The molecule has 4 rings (SSSR count). The lowest BCUT2D eigenvalue weighted by Crippen LogP contribution is -2.24. The third kappa shape index (κ3) is 5.32. The number of fused-ring (bicyclic) bond motifs is 1. The van der Waals surface area contributed by atoms with E-state index in [2.05, 4.69) is 21.7 Å². The van der Waals surface area contributed by atoms with E-state index < -0.39 is 0 Å². The number of methoxy groups -OCH3 is 1. The van der Waals surface area contributed by atoms with Crippen molar-refractivity contribution in [3.63, 3.8) is 0 Å². The molecule has 0 amide bonds. The molecule has 5 nitrogen and oxygen atoms in total. The summed E-state index contributed by atoms with van der Waals surface area (Å²) in [5.74, 6) is 1.43. The highest BCUT2D eigenvalue weighted by atomic mass is 35.5. The van der Waals surface area contributed by atoms with Crippen LogP contribution in [0, 0.1) is 17.2 Å². The van der Waals surface area contributed by atoms with Crippen LogP contribution in [0.25, 0.3) is 10.9 Å². The lowest BCUT2D eigenvalue weighted by atomic mass is 9.89. The lowest BCUT2D eigenvalue weighted by Gasteiger charge is -2.22. The van der Waals surface area contributed by atoms with Crippen LogP contribution in [0.4, 0.5) is 5.69 Å². The number of nitrogens with one attached hydrogen (secondary N) is 2. The Morgan fingerprint density at radius 2 is 1.97 bits per heavy atom. The Balaban J connectivity index is 1.57. The first-order valence-electron chi connectivity index (χ1n) is 11.3. The molecule has 0 aliphatic heterocycles. The Bertz CT molecular complexity index is 1120. The summed E-state index contributed by atoms with van der Waals surface area (Å²) in [7, 11) is 1.61. The quantitative estimate of drug-likeness (QED) is 0.439. The van der Waals surface area contributed by atoms with Crippen molar-refractivity contribution in [3.05, 3.63) is 64.3 Å². The van der Waals surface area contributed by atoms with E-state index in [0.717, 1.165) is 46.7 Å². The summed E-state index contributed by atoms with van der Waals surface area (Å²) in [6.45, 7) is 2.38. The average Bonchev–Trinajstić information content (AvgIpc) is 2.83. The van der Waals surface area contributed by atoms with Gasteiger partial charge in [-0.1, -0.05) is 36.9 Å². The summed E-state index contributed by atoms with van der Waals surface area (Å²) in [6, 6.07) is 13.7. The van der Waals surface area contributed by atoms with Crippen molar-refractivity contribution in [1.29, 1.82) is 5.26 Å². The number of rotatable bonds is 8. The first kappa shape index (κ1) is 22.4. The van der Waals surface area contributed by atoms with Crippen LogP contribution in [-0.2, 0) is 13.1 Å². The summed E-state index contributed by atoms with van der Waals surface area (Å²) >= 11 is 6.31. The monoisotopic (exact) mass is 448 g/mol. The van der Waals surface area contributed by atoms with E-state index in [1.165, 1.54) is 32.1 Å². The number of hydrogen-bond donors (Lipinski definition) is 2. The first-order chi connectivity index (χ1) is 15.7. The predicted molar refractivity (Wildman–Crippen MR) is 130 cm³/mol. The Labute approximate surface area is 194 Å². The highest BCUT2D eigenvalue weighted by Gasteiger charge is 2.14. The van der Waals surface area contributed by atoms with Crippen LogP contribution in [0.5, 0.6) is 5.75 Å². The van der Waals surface area contributed by atoms with Crippen LogP contribution in [-0.4, -0.2) is 18.6 Å². The number of hydrogen-bond acceptors (Lipinski definition) is 5. The second-order valence-corrected chi connectivity index (χ2v) is 8.87. The summed E-state index contributed by atoms with van der Waals surface area (Å²) in [5, 5.41) is 18.2. The molecule has 2 N–H and O–H groups in total. The molecule has 2 aromatic carbocycles. The molecule has 32 heavy (non-hydrogen) atoms. The summed E-state index contributed by atoms with van der Waals surface area (Å²) in [4.78, 5) is 4.65. The largest absolute Gasteiger partial charge is 0.495 e. The molecule has 0 saturated heterocycles. The molecule has 1 heterocycles. The van der Waals surface area contributed by atoms with Gasteiger partial charge in [0.15, 0.2) is 0 Å². The van der Waals surface area contributed by atoms with Gasteiger partial charge in [-0.25, -0.2) is 0 Å². The molecule has 0 bridgehead atoms. The summed E-state index contributed by atoms with van der Waals surface area (Å²) in [5.41, 5.74) is 4.66. The van der Waals surface area contributed by atoms with Crippen LogP contribution in [0.2, 0.25) is 5.02 Å². The number of nitriles is 1. The van der Waals surface area contributed by atoms with Crippen molar-refractivity contribution in [2.75, 3.05) is 19.0 Å². The highest BCUT2D eigenvalue weighted by Crippen LogP contribution is 2.30. The Hall–Kier alpha value is -2.81. The maximum Gasteiger partial charge on any atom is 0.137 e. The van der Waals surface area contributed by atoms with Crippen LogP contribution < -0.4 is 15.4 Å². The number of halogens is 1. The molecule has 6 heteroatoms. The average molecular weight is 449 g/mol. The van der Waals surface area contributed by atoms with Crippen molar-refractivity contribution in [2.45, 2.75) is 45.2 Å². The predicted octanol–water partition coefficient (Wildman–Crippen LogP) is 6.05. The summed E-state index contributed by atoms with van der Waals surface area (Å²) < 4.78 is 5.26. The van der Waals surface area contributed by atoms with Crippen molar-refractivity contribution < 1.29 is 4.74 Å². The number of benzene rings is 2. The standard InChI is InChI=1S/C26H29ClN4O/c1-32-25-10-8-20(12-23(25)27)15-31-26-21(16-29-14-18-5-3-2-4-6-18)17-30-24-9-7-19(13-28)11-22(24)26/h7-12,17-18,29H,2-6,14-16H2,1H3,(H,30,31). The van der Waals surface area contributed by atoms with E-state index in [1.54, 1.807) is 7.11 Å². The minimum absolute atomic E-state index is 0.590. The topological polar surface area (TPSA) is 70.0 Å². The third-order valence-electron chi connectivity index (χ3n) is 6.23. The molecule has 1 aromatic heterocycles. The molecule has 1 aliphatic carbocycles. The van der Waals surface area contributed by atoms with Gasteiger partial charge >= 0.3 is 0 Å². The van der Waals surface area contributed by atoms with Gasteiger partial charge in [0.2, 0.25) is 0 Å². The van der Waals surface area contributed by atoms with Gasteiger partial charge in [0, 0.05) is 35.9 Å². The smallest absolute Gasteiger partial charge is 0.137 e. The van der Waals surface area contributed by atoms with Crippen LogP contribution in [0.3, 0.4) is 0 Å². The van der Waals surface area contributed by atoms with Gasteiger partial charge in [-0.05, 0) is 61.2 Å². The molecule has 166 valence electrons. The molecule has 0 atom stereocenters. The Morgan fingerprint density at radius 3 is 2.72 bits per heavy atom. The summed E-state index contributed by atoms with van der Waals surface area (Å²) in [6.07, 6.45) is 8.63. The SMILES string of the molecule is COc1ccc(CNc2c(CNCC3CCCCC3)cnc3ccc(C#N)cc23)cc1Cl. The van der Waals surface area contributed by atoms with E-state index in [0.29, 0.717) is 22.9 Å². The Kier molecular flexibility index (Phi) is 7.47. The van der Waals surface area contributed by atoms with Gasteiger partial charge in [0.25, 0.3) is 0 Å². The normalized spacial score (nSPS) is 14.3. The van der Waals surface area contributed by atoms with Gasteiger partial charge in [-0.2, -0.15) is 5.26 Å². The van der Waals surface area contributed by atoms with E-state index in [-0.39, 0.29) is 0 Å². The molecule has 3 aromatic rings. The second kappa shape index (κ2) is 10.7. The van der Waals surface area contributed by atoms with E-state index >= 15 is 0 Å². The zero-order valence-electron chi connectivity index (χ0n) is 18.5. The minimum Gasteiger partial charge on any atom is -0.495 e. The van der Waals surface area contributed by atoms with Gasteiger partial charge in [-0.3, -0.25) is 4.98 Å². The van der Waals surface area contributed by atoms with Crippen molar-refractivity contribution in [1.82, 2.24) is 10.3 Å². The van der Waals surface area contributed by atoms with Crippen LogP contribution in [0.15, 0.2) is 42.6 Å². The minimum atomic E-state index is 0.590. The van der Waals surface area contributed by atoms with Crippen molar-refractivity contribution >= 4 is 28.2 Å². The number of pyridine rings is 1. The van der Waals surface area contributed by atoms with Gasteiger partial charge < -0.3 is 15.4 Å². The van der Waals surface area contributed by atoms with Gasteiger partial charge in [-0.15, -0.1) is 0 Å². The Morgan fingerprint density at radius 1 is 1.12 bits per heavy atom. The maximum atomic E-state index is 9.40. The van der Waals surface area contributed by atoms with Crippen molar-refractivity contribution in [2.24, 2.45) is 5.92 Å². The van der Waals surface area contributed by atoms with E-state index in [1.807, 2.05) is 42.6 Å². The molecular formula is C26H29ClN4O. The molecule has 0 radical (unpaired) electrons. The zero-order valence-corrected chi connectivity index (χ0v) is 19.2. The number of anilines is 1. The molecule has 0 spiro atoms. The van der Waals surface area contributed by atoms with Gasteiger partial charge in [0.1, 0.15) is 5.75 Å². The maximum absolute atomic E-state index is 9.40. The van der Waals surface area contributed by atoms with Crippen LogP contribution >= 0.6 is 11.6 Å². The molecule has 1 aliphatic rings. The van der Waals surface area contributed by atoms with Crippen LogP contribution in [0.1, 0.15) is 48.8 Å². The highest BCUT2D eigenvalue weighted by molar-refractivity contribution is 6.32. The fourth-order valence-electron chi connectivity index (χ4n) is 4.46. The lowest BCUT2D eigenvalue weighted by molar-refractivity contribution is 0.342. The second-order valence-electron chi connectivity index (χ2n) is 8.46.